The van der Waals surface area contributed by atoms with Crippen LogP contribution in [0.2, 0.25) is 0 Å². The number of piperidine rings is 1. The number of nitrogens with zero attached hydrogens (tertiary/aromatic N) is 2. The van der Waals surface area contributed by atoms with Crippen LogP contribution in [-0.2, 0) is 16.1 Å². The molecule has 158 valence electrons. The quantitative estimate of drug-likeness (QED) is 0.755. The zero-order valence-corrected chi connectivity index (χ0v) is 16.9. The number of imide groups is 1. The molecular weight excluding hydrogens is 401 g/mol. The molecule has 4 amide bonds. The summed E-state index contributed by atoms with van der Waals surface area (Å²) in [6, 6.07) is 8.64. The lowest BCUT2D eigenvalue weighted by atomic mass is 10.0. The van der Waals surface area contributed by atoms with E-state index in [9.17, 15) is 23.6 Å². The first-order valence-electron chi connectivity index (χ1n) is 10.2. The maximum atomic E-state index is 13.8. The number of carbonyl (C=O) groups excluding carboxylic acids is 4. The summed E-state index contributed by atoms with van der Waals surface area (Å²) < 4.78 is 13.8. The second kappa shape index (κ2) is 7.01. The van der Waals surface area contributed by atoms with Crippen molar-refractivity contribution in [1.29, 1.82) is 0 Å². The molecule has 0 aliphatic carbocycles. The lowest BCUT2D eigenvalue weighted by molar-refractivity contribution is -0.136. The summed E-state index contributed by atoms with van der Waals surface area (Å²) in [5, 5.41) is 2.28. The molecule has 1 saturated heterocycles. The van der Waals surface area contributed by atoms with E-state index in [2.05, 4.69) is 5.32 Å². The number of fused-ring (bicyclic) bond motifs is 2. The largest absolute Gasteiger partial charge is 0.322 e. The smallest absolute Gasteiger partial charge is 0.258 e. The Morgan fingerprint density at radius 1 is 1.13 bits per heavy atom. The summed E-state index contributed by atoms with van der Waals surface area (Å²) in [6.07, 6.45) is 0.466. The van der Waals surface area contributed by atoms with E-state index in [1.165, 1.54) is 17.0 Å². The number of anilines is 1. The highest BCUT2D eigenvalue weighted by atomic mass is 19.1. The van der Waals surface area contributed by atoms with Crippen molar-refractivity contribution in [2.45, 2.75) is 38.3 Å². The van der Waals surface area contributed by atoms with Crippen LogP contribution in [0.25, 0.3) is 0 Å². The van der Waals surface area contributed by atoms with Crippen LogP contribution in [0.4, 0.5) is 10.1 Å². The zero-order valence-electron chi connectivity index (χ0n) is 16.9. The molecule has 0 saturated carbocycles. The van der Waals surface area contributed by atoms with Gasteiger partial charge in [-0.1, -0.05) is 13.0 Å². The molecule has 1 fully saturated rings. The van der Waals surface area contributed by atoms with Gasteiger partial charge in [0.15, 0.2) is 0 Å². The minimum atomic E-state index is -0.703. The van der Waals surface area contributed by atoms with Crippen LogP contribution in [0.5, 0.6) is 0 Å². The first-order chi connectivity index (χ1) is 14.8. The van der Waals surface area contributed by atoms with Gasteiger partial charge in [-0.05, 0) is 47.9 Å². The van der Waals surface area contributed by atoms with Gasteiger partial charge in [0.25, 0.3) is 11.8 Å². The molecule has 0 bridgehead atoms. The molecule has 3 aliphatic heterocycles. The molecule has 8 heteroatoms. The van der Waals surface area contributed by atoms with Crippen molar-refractivity contribution in [3.63, 3.8) is 0 Å². The Labute approximate surface area is 177 Å². The van der Waals surface area contributed by atoms with Crippen LogP contribution in [0.1, 0.15) is 57.5 Å². The average Bonchev–Trinajstić information content (AvgIpc) is 3.24. The molecule has 0 spiro atoms. The molecule has 0 aromatic heterocycles. The van der Waals surface area contributed by atoms with Gasteiger partial charge in [0.1, 0.15) is 11.9 Å². The number of carbonyl (C=O) groups is 4. The highest BCUT2D eigenvalue weighted by molar-refractivity contribution is 6.09. The van der Waals surface area contributed by atoms with Gasteiger partial charge < -0.3 is 9.80 Å². The fourth-order valence-electron chi connectivity index (χ4n) is 4.69. The molecule has 5 rings (SSSR count). The van der Waals surface area contributed by atoms with Crippen molar-refractivity contribution in [2.75, 3.05) is 11.4 Å². The topological polar surface area (TPSA) is 86.8 Å². The number of hydrogen-bond acceptors (Lipinski definition) is 4. The van der Waals surface area contributed by atoms with E-state index in [0.717, 1.165) is 5.56 Å². The second-order valence-corrected chi connectivity index (χ2v) is 8.29. The summed E-state index contributed by atoms with van der Waals surface area (Å²) in [5.74, 6) is -1.66. The van der Waals surface area contributed by atoms with Gasteiger partial charge in [-0.15, -0.1) is 0 Å². The Balaban J connectivity index is 1.41. The van der Waals surface area contributed by atoms with E-state index >= 15 is 0 Å². The van der Waals surface area contributed by atoms with Crippen LogP contribution in [0.15, 0.2) is 36.4 Å². The number of nitrogens with one attached hydrogen (secondary N) is 1. The monoisotopic (exact) mass is 421 g/mol. The molecule has 2 atom stereocenters. The third-order valence-corrected chi connectivity index (χ3v) is 6.29. The van der Waals surface area contributed by atoms with Crippen molar-refractivity contribution < 1.29 is 23.6 Å². The maximum Gasteiger partial charge on any atom is 0.258 e. The van der Waals surface area contributed by atoms with Crippen molar-refractivity contribution in [3.05, 3.63) is 64.5 Å². The third-order valence-electron chi connectivity index (χ3n) is 6.29. The standard InChI is InChI=1S/C23H20FN3O4/c1-12-10-26(19-9-15(24)3-5-16(12)19)22(30)13-2-4-17-14(8-13)11-27(23(17)31)18-6-7-20(28)25-21(18)29/h2-5,8-9,12,18H,6-7,10-11H2,1H3,(H,25,28,29)/t12-,18?/m0/s1. The Morgan fingerprint density at radius 2 is 1.94 bits per heavy atom. The van der Waals surface area contributed by atoms with E-state index in [-0.39, 0.29) is 43.0 Å². The Kier molecular flexibility index (Phi) is 4.39. The summed E-state index contributed by atoms with van der Waals surface area (Å²) in [4.78, 5) is 52.7. The van der Waals surface area contributed by atoms with E-state index in [0.29, 0.717) is 28.9 Å². The van der Waals surface area contributed by atoms with Gasteiger partial charge in [-0.2, -0.15) is 0 Å². The number of amides is 4. The molecule has 31 heavy (non-hydrogen) atoms. The predicted octanol–water partition coefficient (Wildman–Crippen LogP) is 2.35. The Morgan fingerprint density at radius 3 is 2.71 bits per heavy atom. The molecule has 1 unspecified atom stereocenters. The summed E-state index contributed by atoms with van der Waals surface area (Å²) in [5.41, 5.74) is 3.00. The normalized spacial score (nSPS) is 22.5. The average molecular weight is 421 g/mol. The number of benzene rings is 2. The molecule has 2 aromatic carbocycles. The van der Waals surface area contributed by atoms with Gasteiger partial charge >= 0.3 is 0 Å². The summed E-state index contributed by atoms with van der Waals surface area (Å²) in [6.45, 7) is 2.64. The SMILES string of the molecule is C[C@H]1CN(C(=O)c2ccc3c(c2)CN(C2CCC(=O)NC2=O)C3=O)c2cc(F)ccc21. The lowest BCUT2D eigenvalue weighted by Gasteiger charge is -2.29. The Hall–Kier alpha value is -3.55. The van der Waals surface area contributed by atoms with Crippen LogP contribution >= 0.6 is 0 Å². The first kappa shape index (κ1) is 19.4. The molecule has 0 radical (unpaired) electrons. The molecule has 3 aliphatic rings. The van der Waals surface area contributed by atoms with E-state index < -0.39 is 17.8 Å². The van der Waals surface area contributed by atoms with Gasteiger partial charge in [-0.25, -0.2) is 4.39 Å². The van der Waals surface area contributed by atoms with Crippen LogP contribution < -0.4 is 10.2 Å². The van der Waals surface area contributed by atoms with Crippen molar-refractivity contribution in [2.24, 2.45) is 0 Å². The van der Waals surface area contributed by atoms with Crippen molar-refractivity contribution in [3.8, 4) is 0 Å². The fraction of sp³-hybridized carbons (Fsp3) is 0.304. The van der Waals surface area contributed by atoms with Crippen LogP contribution in [0.3, 0.4) is 0 Å². The van der Waals surface area contributed by atoms with Gasteiger partial charge in [0, 0.05) is 36.6 Å². The van der Waals surface area contributed by atoms with Crippen LogP contribution in [0, 0.1) is 5.82 Å². The van der Waals surface area contributed by atoms with E-state index in [1.807, 2.05) is 6.92 Å². The number of rotatable bonds is 2. The predicted molar refractivity (Wildman–Crippen MR) is 109 cm³/mol. The van der Waals surface area contributed by atoms with Crippen molar-refractivity contribution >= 4 is 29.3 Å². The Bertz CT molecular complexity index is 1160. The fourth-order valence-corrected chi connectivity index (χ4v) is 4.69. The highest BCUT2D eigenvalue weighted by Gasteiger charge is 2.39. The van der Waals surface area contributed by atoms with Crippen molar-refractivity contribution in [1.82, 2.24) is 10.2 Å². The maximum absolute atomic E-state index is 13.8. The van der Waals surface area contributed by atoms with E-state index in [4.69, 9.17) is 0 Å². The van der Waals surface area contributed by atoms with Crippen LogP contribution in [-0.4, -0.2) is 41.1 Å². The number of hydrogen-bond donors (Lipinski definition) is 1. The molecule has 2 aromatic rings. The molecule has 3 heterocycles. The summed E-state index contributed by atoms with van der Waals surface area (Å²) >= 11 is 0. The number of halogens is 1. The zero-order chi connectivity index (χ0) is 21.9. The first-order valence-corrected chi connectivity index (χ1v) is 10.2. The van der Waals surface area contributed by atoms with E-state index in [1.54, 1.807) is 29.2 Å². The van der Waals surface area contributed by atoms with Gasteiger partial charge in [0.05, 0.1) is 5.69 Å². The highest BCUT2D eigenvalue weighted by Crippen LogP contribution is 2.37. The molecular formula is C23H20FN3O4. The molecule has 1 N–H and O–H groups in total. The van der Waals surface area contributed by atoms with Gasteiger partial charge in [0.2, 0.25) is 11.8 Å². The van der Waals surface area contributed by atoms with Gasteiger partial charge in [-0.3, -0.25) is 24.5 Å². The lowest BCUT2D eigenvalue weighted by Crippen LogP contribution is -2.52. The third kappa shape index (κ3) is 3.10. The second-order valence-electron chi connectivity index (χ2n) is 8.29. The minimum absolute atomic E-state index is 0.0959. The minimum Gasteiger partial charge on any atom is -0.322 e. The summed E-state index contributed by atoms with van der Waals surface area (Å²) in [7, 11) is 0. The molecule has 7 nitrogen and oxygen atoms in total.